The molecule has 0 unspecified atom stereocenters. The Hall–Kier alpha value is -2.97. The van der Waals surface area contributed by atoms with Crippen molar-refractivity contribution < 1.29 is 14.2 Å². The summed E-state index contributed by atoms with van der Waals surface area (Å²) < 4.78 is 14.6. The number of benzene rings is 3. The topological polar surface area (TPSA) is 63.2 Å². The fourth-order valence-corrected chi connectivity index (χ4v) is 6.07. The van der Waals surface area contributed by atoms with Crippen molar-refractivity contribution in [2.45, 2.75) is 13.3 Å². The highest BCUT2D eigenvalue weighted by Gasteiger charge is 2.34. The molecule has 0 spiro atoms. The molecule has 0 aliphatic carbocycles. The van der Waals surface area contributed by atoms with Crippen molar-refractivity contribution in [2.75, 3.05) is 7.05 Å². The van der Waals surface area contributed by atoms with Crippen LogP contribution in [-0.2, 0) is 4.57 Å². The molecule has 0 saturated carbocycles. The van der Waals surface area contributed by atoms with Gasteiger partial charge in [0.05, 0.1) is 5.56 Å². The molecule has 3 aromatic carbocycles. The lowest BCUT2D eigenvalue weighted by Crippen LogP contribution is -2.32. The number of Topliss-reactive ketones (excluding diaryl/α,β-unsaturated/α-hetero) is 1. The van der Waals surface area contributed by atoms with Crippen LogP contribution in [0, 0.1) is 0 Å². The van der Waals surface area contributed by atoms with Crippen molar-refractivity contribution in [2.24, 2.45) is 0 Å². The van der Waals surface area contributed by atoms with Crippen LogP contribution in [0.1, 0.15) is 34.1 Å². The van der Waals surface area contributed by atoms with Crippen molar-refractivity contribution in [3.05, 3.63) is 90.0 Å². The molecule has 0 atom stereocenters. The predicted molar refractivity (Wildman–Crippen MR) is 114 cm³/mol. The fourth-order valence-electron chi connectivity index (χ4n) is 3.20. The van der Waals surface area contributed by atoms with Crippen molar-refractivity contribution in [1.82, 2.24) is 5.32 Å². The van der Waals surface area contributed by atoms with E-state index in [-0.39, 0.29) is 11.7 Å². The Kier molecular flexibility index (Phi) is 5.91. The zero-order valence-electron chi connectivity index (χ0n) is 15.9. The Morgan fingerprint density at radius 2 is 1.39 bits per heavy atom. The lowest BCUT2D eigenvalue weighted by atomic mass is 10.1. The molecular weight excluding hydrogens is 369 g/mol. The summed E-state index contributed by atoms with van der Waals surface area (Å²) in [5.74, 6) is -0.394. The van der Waals surface area contributed by atoms with E-state index in [1.165, 1.54) is 7.05 Å². The van der Waals surface area contributed by atoms with Crippen LogP contribution in [0.3, 0.4) is 0 Å². The second-order valence-corrected chi connectivity index (χ2v) is 9.10. The van der Waals surface area contributed by atoms with Gasteiger partial charge >= 0.3 is 0 Å². The molecule has 0 aromatic heterocycles. The van der Waals surface area contributed by atoms with Crippen molar-refractivity contribution in [3.63, 3.8) is 0 Å². The molecule has 0 aliphatic heterocycles. The Balaban J connectivity index is 2.38. The quantitative estimate of drug-likeness (QED) is 0.518. The number of hydrogen-bond donors (Lipinski definition) is 1. The van der Waals surface area contributed by atoms with Gasteiger partial charge in [0.2, 0.25) is 0 Å². The van der Waals surface area contributed by atoms with Crippen LogP contribution in [0.25, 0.3) is 0 Å². The van der Waals surface area contributed by atoms with Crippen LogP contribution in [0.15, 0.2) is 78.9 Å². The van der Waals surface area contributed by atoms with Gasteiger partial charge in [-0.2, -0.15) is 0 Å². The maximum absolute atomic E-state index is 14.6. The van der Waals surface area contributed by atoms with E-state index in [9.17, 15) is 14.2 Å². The van der Waals surface area contributed by atoms with Gasteiger partial charge < -0.3 is 9.88 Å². The molecule has 142 valence electrons. The number of carbonyl (C=O) groups excluding carboxylic acids is 2. The van der Waals surface area contributed by atoms with Crippen LogP contribution in [0.4, 0.5) is 0 Å². The minimum absolute atomic E-state index is 0.0580. The smallest absolute Gasteiger partial charge is 0.251 e. The SMILES string of the molecule is CCC(=O)c1ccc(C(=O)NC)c(P(=O)(c2ccccc2)c2ccccc2)c1. The van der Waals surface area contributed by atoms with E-state index in [4.69, 9.17) is 0 Å². The number of ketones is 1. The van der Waals surface area contributed by atoms with Crippen molar-refractivity contribution >= 4 is 34.7 Å². The number of nitrogens with one attached hydrogen (secondary N) is 1. The summed E-state index contributed by atoms with van der Waals surface area (Å²) in [5.41, 5.74) is 0.767. The molecule has 0 radical (unpaired) electrons. The molecule has 3 rings (SSSR count). The van der Waals surface area contributed by atoms with Gasteiger partial charge in [-0.05, 0) is 12.1 Å². The fraction of sp³-hybridized carbons (Fsp3) is 0.130. The van der Waals surface area contributed by atoms with Crippen molar-refractivity contribution in [3.8, 4) is 0 Å². The summed E-state index contributed by atoms with van der Waals surface area (Å²) in [6.07, 6.45) is 0.333. The van der Waals surface area contributed by atoms with Gasteiger partial charge in [0.25, 0.3) is 5.91 Å². The average molecular weight is 391 g/mol. The molecule has 0 fully saturated rings. The zero-order valence-corrected chi connectivity index (χ0v) is 16.8. The standard InChI is InChI=1S/C23H22NO3P/c1-3-21(25)17-14-15-20(23(26)24-2)22(16-17)28(27,18-10-6-4-7-11-18)19-12-8-5-9-13-19/h4-16H,3H2,1-2H3,(H,24,26). The maximum atomic E-state index is 14.6. The number of amides is 1. The predicted octanol–water partition coefficient (Wildman–Crippen LogP) is 3.28. The summed E-state index contributed by atoms with van der Waals surface area (Å²) >= 11 is 0. The zero-order chi connectivity index (χ0) is 20.1. The summed E-state index contributed by atoms with van der Waals surface area (Å²) in [6, 6.07) is 23.1. The normalized spacial score (nSPS) is 11.1. The highest BCUT2D eigenvalue weighted by Crippen LogP contribution is 2.43. The van der Waals surface area contributed by atoms with Gasteiger partial charge in [0.15, 0.2) is 12.9 Å². The highest BCUT2D eigenvalue weighted by molar-refractivity contribution is 7.85. The van der Waals surface area contributed by atoms with Gasteiger partial charge in [-0.25, -0.2) is 0 Å². The summed E-state index contributed by atoms with van der Waals surface area (Å²) in [6.45, 7) is 1.78. The van der Waals surface area contributed by atoms with Gasteiger partial charge in [-0.15, -0.1) is 0 Å². The van der Waals surface area contributed by atoms with E-state index in [2.05, 4.69) is 5.32 Å². The van der Waals surface area contributed by atoms with E-state index in [1.807, 2.05) is 36.4 Å². The van der Waals surface area contributed by atoms with E-state index >= 15 is 0 Å². The third kappa shape index (κ3) is 3.56. The highest BCUT2D eigenvalue weighted by atomic mass is 31.2. The van der Waals surface area contributed by atoms with Crippen LogP contribution in [0.2, 0.25) is 0 Å². The number of carbonyl (C=O) groups is 2. The van der Waals surface area contributed by atoms with Crippen molar-refractivity contribution in [1.29, 1.82) is 0 Å². The Labute approximate surface area is 165 Å². The maximum Gasteiger partial charge on any atom is 0.251 e. The summed E-state index contributed by atoms with van der Waals surface area (Å²) in [4.78, 5) is 24.9. The molecule has 0 heterocycles. The van der Waals surface area contributed by atoms with Crippen LogP contribution in [-0.4, -0.2) is 18.7 Å². The molecule has 3 aromatic rings. The van der Waals surface area contributed by atoms with Gasteiger partial charge in [0, 0.05) is 34.9 Å². The molecule has 28 heavy (non-hydrogen) atoms. The second kappa shape index (κ2) is 8.37. The molecule has 1 amide bonds. The van der Waals surface area contributed by atoms with E-state index in [1.54, 1.807) is 49.4 Å². The summed E-state index contributed by atoms with van der Waals surface area (Å²) in [7, 11) is -1.84. The summed E-state index contributed by atoms with van der Waals surface area (Å²) in [5, 5.41) is 4.23. The average Bonchev–Trinajstić information content (AvgIpc) is 2.78. The Bertz CT molecular complexity index is 1000. The first-order valence-electron chi connectivity index (χ1n) is 9.13. The van der Waals surface area contributed by atoms with Gasteiger partial charge in [-0.3, -0.25) is 9.59 Å². The third-order valence-corrected chi connectivity index (χ3v) is 7.79. The second-order valence-electron chi connectivity index (χ2n) is 6.37. The van der Waals surface area contributed by atoms with E-state index < -0.39 is 7.14 Å². The molecule has 5 heteroatoms. The molecule has 1 N–H and O–H groups in total. The van der Waals surface area contributed by atoms with Crippen LogP contribution < -0.4 is 21.2 Å². The van der Waals surface area contributed by atoms with Crippen LogP contribution in [0.5, 0.6) is 0 Å². The third-order valence-electron chi connectivity index (χ3n) is 4.69. The first-order valence-corrected chi connectivity index (χ1v) is 10.8. The first-order chi connectivity index (χ1) is 13.5. The van der Waals surface area contributed by atoms with Gasteiger partial charge in [-0.1, -0.05) is 73.7 Å². The minimum Gasteiger partial charge on any atom is -0.355 e. The monoisotopic (exact) mass is 391 g/mol. The number of rotatable bonds is 6. The molecule has 0 bridgehead atoms. The Morgan fingerprint density at radius 3 is 1.86 bits per heavy atom. The lowest BCUT2D eigenvalue weighted by Gasteiger charge is -2.23. The van der Waals surface area contributed by atoms with E-state index in [0.29, 0.717) is 33.5 Å². The largest absolute Gasteiger partial charge is 0.355 e. The molecule has 4 nitrogen and oxygen atoms in total. The lowest BCUT2D eigenvalue weighted by molar-refractivity contribution is 0.0959. The molecular formula is C23H22NO3P. The molecule has 0 saturated heterocycles. The molecule has 0 aliphatic rings. The first kappa shape index (κ1) is 19.8. The Morgan fingerprint density at radius 1 is 0.857 bits per heavy atom. The van der Waals surface area contributed by atoms with Gasteiger partial charge in [0.1, 0.15) is 0 Å². The number of hydrogen-bond acceptors (Lipinski definition) is 3. The minimum atomic E-state index is -3.37. The van der Waals surface area contributed by atoms with E-state index in [0.717, 1.165) is 0 Å². The van der Waals surface area contributed by atoms with Crippen LogP contribution >= 0.6 is 7.14 Å².